The Hall–Kier alpha value is -3.43. The minimum absolute atomic E-state index is 0.0673. The van der Waals surface area contributed by atoms with Crippen LogP contribution < -0.4 is 0 Å². The molecule has 0 aliphatic heterocycles. The molecule has 0 aromatic carbocycles. The van der Waals surface area contributed by atoms with Gasteiger partial charge in [0.25, 0.3) is 11.8 Å². The number of nitro groups is 1. The number of hydrogen-bond donors (Lipinski definition) is 0. The molecule has 0 unspecified atom stereocenters. The molecule has 0 amide bonds. The zero-order chi connectivity index (χ0) is 17.3. The first-order chi connectivity index (χ1) is 11.4. The molecule has 3 rings (SSSR count). The fraction of sp³-hybridized carbons (Fsp3) is 0.214. The number of rotatable bonds is 5. The second kappa shape index (κ2) is 5.99. The molecule has 3 heterocycles. The molecule has 0 fully saturated rings. The third-order valence-electron chi connectivity index (χ3n) is 3.04. The number of aromatic nitrogens is 2. The molecular formula is C14H11N3O7. The summed E-state index contributed by atoms with van der Waals surface area (Å²) in [7, 11) is 0. The number of carbonyl (C=O) groups is 1. The average molecular weight is 333 g/mol. The summed E-state index contributed by atoms with van der Waals surface area (Å²) in [5.74, 6) is -0.0777. The van der Waals surface area contributed by atoms with Gasteiger partial charge < -0.3 is 18.0 Å². The van der Waals surface area contributed by atoms with E-state index < -0.39 is 16.8 Å². The van der Waals surface area contributed by atoms with Gasteiger partial charge in [0, 0.05) is 0 Å². The Morgan fingerprint density at radius 1 is 1.25 bits per heavy atom. The smallest absolute Gasteiger partial charge is 0.433 e. The van der Waals surface area contributed by atoms with Gasteiger partial charge in [-0.15, -0.1) is 10.2 Å². The van der Waals surface area contributed by atoms with Crippen LogP contribution in [0.1, 0.15) is 28.0 Å². The zero-order valence-electron chi connectivity index (χ0n) is 12.6. The zero-order valence-corrected chi connectivity index (χ0v) is 12.6. The Balaban J connectivity index is 1.65. The molecule has 10 nitrogen and oxygen atoms in total. The van der Waals surface area contributed by atoms with E-state index in [1.54, 1.807) is 19.9 Å². The van der Waals surface area contributed by atoms with E-state index in [4.69, 9.17) is 18.0 Å². The largest absolute Gasteiger partial charge is 0.466 e. The standard InChI is InChI=1S/C14H11N3O7/c1-7-5-9(8(2)22-7)13-16-15-11(24-13)6-21-14(18)10-3-4-12(23-10)17(19)20/h3-5H,6H2,1-2H3. The highest BCUT2D eigenvalue weighted by Crippen LogP contribution is 2.25. The first-order valence-corrected chi connectivity index (χ1v) is 6.75. The molecule has 0 spiro atoms. The van der Waals surface area contributed by atoms with Crippen molar-refractivity contribution in [2.45, 2.75) is 20.5 Å². The summed E-state index contributed by atoms with van der Waals surface area (Å²) in [5.41, 5.74) is 0.652. The van der Waals surface area contributed by atoms with Gasteiger partial charge in [-0.1, -0.05) is 0 Å². The van der Waals surface area contributed by atoms with Crippen LogP contribution in [0.3, 0.4) is 0 Å². The number of furan rings is 2. The number of aryl methyl sites for hydroxylation is 2. The Kier molecular flexibility index (Phi) is 3.86. The van der Waals surface area contributed by atoms with Crippen LogP contribution in [0.25, 0.3) is 11.5 Å². The van der Waals surface area contributed by atoms with E-state index in [-0.39, 0.29) is 24.1 Å². The van der Waals surface area contributed by atoms with Gasteiger partial charge in [-0.3, -0.25) is 10.1 Å². The second-order valence-electron chi connectivity index (χ2n) is 4.80. The Morgan fingerprint density at radius 3 is 2.67 bits per heavy atom. The topological polar surface area (TPSA) is 135 Å². The number of esters is 1. The average Bonchev–Trinajstić information content (AvgIpc) is 3.24. The fourth-order valence-corrected chi connectivity index (χ4v) is 2.00. The van der Waals surface area contributed by atoms with Crippen LogP contribution in [-0.2, 0) is 11.3 Å². The molecule has 3 aromatic heterocycles. The number of hydrogen-bond acceptors (Lipinski definition) is 9. The van der Waals surface area contributed by atoms with Crippen molar-refractivity contribution in [3.8, 4) is 11.5 Å². The van der Waals surface area contributed by atoms with Crippen molar-refractivity contribution in [3.63, 3.8) is 0 Å². The van der Waals surface area contributed by atoms with Crippen LogP contribution in [0, 0.1) is 24.0 Å². The SMILES string of the molecule is Cc1cc(-c2nnc(COC(=O)c3ccc([N+](=O)[O-])o3)o2)c(C)o1. The van der Waals surface area contributed by atoms with E-state index in [9.17, 15) is 14.9 Å². The van der Waals surface area contributed by atoms with Gasteiger partial charge >= 0.3 is 11.9 Å². The van der Waals surface area contributed by atoms with Gasteiger partial charge in [0.2, 0.25) is 5.76 Å². The van der Waals surface area contributed by atoms with E-state index in [2.05, 4.69) is 10.2 Å². The van der Waals surface area contributed by atoms with Crippen molar-refractivity contribution in [2.24, 2.45) is 0 Å². The van der Waals surface area contributed by atoms with Crippen LogP contribution >= 0.6 is 0 Å². The maximum Gasteiger partial charge on any atom is 0.433 e. The number of nitrogens with zero attached hydrogens (tertiary/aromatic N) is 3. The summed E-state index contributed by atoms with van der Waals surface area (Å²) in [6.45, 7) is 3.25. The highest BCUT2D eigenvalue weighted by Gasteiger charge is 2.20. The van der Waals surface area contributed by atoms with Crippen molar-refractivity contribution in [1.82, 2.24) is 10.2 Å². The minimum atomic E-state index is -0.877. The summed E-state index contributed by atoms with van der Waals surface area (Å²) in [6.07, 6.45) is 0. The molecule has 0 saturated carbocycles. The summed E-state index contributed by atoms with van der Waals surface area (Å²) in [6, 6.07) is 3.96. The molecule has 124 valence electrons. The van der Waals surface area contributed by atoms with Crippen LogP contribution in [0.4, 0.5) is 5.88 Å². The monoisotopic (exact) mass is 333 g/mol. The quantitative estimate of drug-likeness (QED) is 0.392. The molecule has 10 heteroatoms. The fourth-order valence-electron chi connectivity index (χ4n) is 2.00. The lowest BCUT2D eigenvalue weighted by atomic mass is 10.2. The predicted octanol–water partition coefficient (Wildman–Crippen LogP) is 2.80. The molecule has 24 heavy (non-hydrogen) atoms. The lowest BCUT2D eigenvalue weighted by Gasteiger charge is -1.97. The van der Waals surface area contributed by atoms with Gasteiger partial charge in [0.1, 0.15) is 16.4 Å². The highest BCUT2D eigenvalue weighted by atomic mass is 16.7. The third kappa shape index (κ3) is 3.02. The lowest BCUT2D eigenvalue weighted by molar-refractivity contribution is -0.402. The first kappa shape index (κ1) is 15.5. The summed E-state index contributed by atoms with van der Waals surface area (Å²) >= 11 is 0. The van der Waals surface area contributed by atoms with E-state index >= 15 is 0 Å². The van der Waals surface area contributed by atoms with Gasteiger partial charge in [0.05, 0.1) is 11.6 Å². The normalized spacial score (nSPS) is 10.8. The Labute approximate surface area is 134 Å². The van der Waals surface area contributed by atoms with Gasteiger partial charge in [-0.25, -0.2) is 4.79 Å². The van der Waals surface area contributed by atoms with Crippen molar-refractivity contribution in [1.29, 1.82) is 0 Å². The van der Waals surface area contributed by atoms with Crippen molar-refractivity contribution in [2.75, 3.05) is 0 Å². The molecule has 0 atom stereocenters. The molecule has 0 saturated heterocycles. The Bertz CT molecular complexity index is 905. The molecule has 0 radical (unpaired) electrons. The van der Waals surface area contributed by atoms with Gasteiger partial charge in [-0.05, 0) is 26.0 Å². The van der Waals surface area contributed by atoms with Crippen LogP contribution in [0.5, 0.6) is 0 Å². The minimum Gasteiger partial charge on any atom is -0.466 e. The Morgan fingerprint density at radius 2 is 2.04 bits per heavy atom. The lowest BCUT2D eigenvalue weighted by Crippen LogP contribution is -2.04. The van der Waals surface area contributed by atoms with Crippen LogP contribution in [-0.4, -0.2) is 21.1 Å². The third-order valence-corrected chi connectivity index (χ3v) is 3.04. The van der Waals surface area contributed by atoms with Crippen LogP contribution in [0.2, 0.25) is 0 Å². The molecule has 3 aromatic rings. The van der Waals surface area contributed by atoms with E-state index in [0.717, 1.165) is 12.1 Å². The van der Waals surface area contributed by atoms with Crippen molar-refractivity contribution < 1.29 is 27.7 Å². The number of carbonyl (C=O) groups excluding carboxylic acids is 1. The van der Waals surface area contributed by atoms with E-state index in [0.29, 0.717) is 17.1 Å². The maximum absolute atomic E-state index is 11.7. The second-order valence-corrected chi connectivity index (χ2v) is 4.80. The van der Waals surface area contributed by atoms with Crippen molar-refractivity contribution in [3.05, 3.63) is 51.5 Å². The van der Waals surface area contributed by atoms with E-state index in [1.165, 1.54) is 0 Å². The van der Waals surface area contributed by atoms with Gasteiger partial charge in [0.15, 0.2) is 6.61 Å². The molecular weight excluding hydrogens is 322 g/mol. The maximum atomic E-state index is 11.7. The first-order valence-electron chi connectivity index (χ1n) is 6.75. The highest BCUT2D eigenvalue weighted by molar-refractivity contribution is 5.86. The molecule has 0 bridgehead atoms. The molecule has 0 N–H and O–H groups in total. The van der Waals surface area contributed by atoms with Crippen molar-refractivity contribution >= 4 is 11.9 Å². The predicted molar refractivity (Wildman–Crippen MR) is 76.0 cm³/mol. The molecule has 0 aliphatic carbocycles. The van der Waals surface area contributed by atoms with Gasteiger partial charge in [-0.2, -0.15) is 0 Å². The summed E-state index contributed by atoms with van der Waals surface area (Å²) in [4.78, 5) is 21.5. The summed E-state index contributed by atoms with van der Waals surface area (Å²) in [5, 5.41) is 18.1. The number of ether oxygens (including phenoxy) is 1. The summed E-state index contributed by atoms with van der Waals surface area (Å²) < 4.78 is 20.4. The van der Waals surface area contributed by atoms with E-state index in [1.807, 2.05) is 0 Å². The van der Waals surface area contributed by atoms with Crippen LogP contribution in [0.15, 0.2) is 31.5 Å². The molecule has 0 aliphatic rings.